The molecule has 0 amide bonds. The van der Waals surface area contributed by atoms with Crippen molar-refractivity contribution in [2.75, 3.05) is 31.2 Å². The number of aromatic amines is 1. The van der Waals surface area contributed by atoms with Crippen LogP contribution < -0.4 is 0 Å². The molecule has 3 rings (SSSR count). The molecule has 158 valence electrons. The van der Waals surface area contributed by atoms with E-state index >= 15 is 0 Å². The summed E-state index contributed by atoms with van der Waals surface area (Å²) >= 11 is 0. The minimum absolute atomic E-state index is 0.00255. The van der Waals surface area contributed by atoms with Crippen LogP contribution >= 0.6 is 10.5 Å². The molecular weight excluding hydrogens is 396 g/mol. The van der Waals surface area contributed by atoms with Crippen LogP contribution in [0.15, 0.2) is 29.2 Å². The van der Waals surface area contributed by atoms with Crippen molar-refractivity contribution >= 4 is 43.2 Å². The van der Waals surface area contributed by atoms with Gasteiger partial charge in [0.1, 0.15) is 10.6 Å². The van der Waals surface area contributed by atoms with Crippen molar-refractivity contribution in [1.29, 1.82) is 0 Å². The highest BCUT2D eigenvalue weighted by atomic mass is 32.2. The van der Waals surface area contributed by atoms with Crippen molar-refractivity contribution in [3.8, 4) is 0 Å². The molecule has 0 spiro atoms. The second-order valence-electron chi connectivity index (χ2n) is 5.52. The zero-order valence-corrected chi connectivity index (χ0v) is 19.1. The normalized spacial score (nSPS) is 15.2. The summed E-state index contributed by atoms with van der Waals surface area (Å²) in [5.74, 6) is 4.86. The Morgan fingerprint density at radius 2 is 1.75 bits per heavy atom. The van der Waals surface area contributed by atoms with E-state index in [-0.39, 0.29) is 27.7 Å². The number of carbonyl (C=O) groups is 1. The maximum absolute atomic E-state index is 13.2. The first-order valence-corrected chi connectivity index (χ1v) is 12.9. The molecule has 0 radical (unpaired) electrons. The Labute approximate surface area is 171 Å². The second-order valence-corrected chi connectivity index (χ2v) is 9.44. The molecule has 0 bridgehead atoms. The number of nitrogens with one attached hydrogen (secondary N) is 1. The van der Waals surface area contributed by atoms with Crippen LogP contribution in [-0.4, -0.2) is 60.7 Å². The van der Waals surface area contributed by atoms with Gasteiger partial charge in [0.25, 0.3) is 0 Å². The first kappa shape index (κ1) is 24.4. The van der Waals surface area contributed by atoms with Crippen LogP contribution in [0.3, 0.4) is 0 Å². The third-order valence-corrected chi connectivity index (χ3v) is 7.50. The van der Waals surface area contributed by atoms with Gasteiger partial charge in [-0.2, -0.15) is 14.8 Å². The molecule has 28 heavy (non-hydrogen) atoms. The van der Waals surface area contributed by atoms with Gasteiger partial charge in [0, 0.05) is 35.5 Å². The Hall–Kier alpha value is -1.64. The van der Waals surface area contributed by atoms with Crippen molar-refractivity contribution in [3.05, 3.63) is 30.0 Å². The van der Waals surface area contributed by atoms with Crippen LogP contribution in [0, 0.1) is 0 Å². The SMILES string of the molecule is C=S1CCN(S(=O)(=O)c2c(C(=O)OCC)[nH]c3ccccc23)CC1.CC.CC. The molecule has 1 aromatic carbocycles. The number of aromatic nitrogens is 1. The van der Waals surface area contributed by atoms with E-state index in [1.807, 2.05) is 27.7 Å². The number of H-pyrrole nitrogens is 1. The van der Waals surface area contributed by atoms with E-state index in [4.69, 9.17) is 4.74 Å². The fraction of sp³-hybridized carbons (Fsp3) is 0.500. The number of para-hydroxylation sites is 1. The topological polar surface area (TPSA) is 79.5 Å². The molecule has 0 atom stereocenters. The first-order valence-electron chi connectivity index (χ1n) is 9.70. The number of sulfonamides is 1. The lowest BCUT2D eigenvalue weighted by Gasteiger charge is -2.27. The Morgan fingerprint density at radius 3 is 2.32 bits per heavy atom. The molecule has 0 aliphatic carbocycles. The second kappa shape index (κ2) is 11.4. The minimum Gasteiger partial charge on any atom is -0.461 e. The van der Waals surface area contributed by atoms with Crippen molar-refractivity contribution in [3.63, 3.8) is 0 Å². The Bertz CT molecular complexity index is 894. The van der Waals surface area contributed by atoms with E-state index < -0.39 is 16.0 Å². The van der Waals surface area contributed by atoms with E-state index in [1.54, 1.807) is 31.2 Å². The van der Waals surface area contributed by atoms with Gasteiger partial charge in [0.05, 0.1) is 6.61 Å². The first-order chi connectivity index (χ1) is 13.4. The quantitative estimate of drug-likeness (QED) is 0.587. The Kier molecular flexibility index (Phi) is 9.92. The lowest BCUT2D eigenvalue weighted by Crippen LogP contribution is -2.39. The molecule has 0 unspecified atom stereocenters. The van der Waals surface area contributed by atoms with Crippen LogP contribution in [0.5, 0.6) is 0 Å². The molecule has 1 N–H and O–H groups in total. The maximum atomic E-state index is 13.2. The van der Waals surface area contributed by atoms with Crippen LogP contribution in [-0.2, 0) is 14.8 Å². The molecule has 1 fully saturated rings. The van der Waals surface area contributed by atoms with Gasteiger partial charge in [0.2, 0.25) is 10.0 Å². The predicted octanol–water partition coefficient (Wildman–Crippen LogP) is 4.10. The third kappa shape index (κ3) is 5.24. The number of ether oxygens (including phenoxy) is 1. The van der Waals surface area contributed by atoms with E-state index in [0.29, 0.717) is 24.0 Å². The number of carbonyl (C=O) groups excluding carboxylic acids is 1. The zero-order chi connectivity index (χ0) is 21.3. The molecule has 1 saturated heterocycles. The number of rotatable bonds is 4. The summed E-state index contributed by atoms with van der Waals surface area (Å²) < 4.78 is 32.8. The number of nitrogens with zero attached hydrogens (tertiary/aromatic N) is 1. The average Bonchev–Trinajstić information content (AvgIpc) is 3.12. The summed E-state index contributed by atoms with van der Waals surface area (Å²) in [4.78, 5) is 15.2. The summed E-state index contributed by atoms with van der Waals surface area (Å²) in [5.41, 5.74) is 0.602. The Morgan fingerprint density at radius 1 is 1.18 bits per heavy atom. The van der Waals surface area contributed by atoms with Crippen LogP contribution in [0.1, 0.15) is 45.1 Å². The molecule has 1 aromatic heterocycles. The van der Waals surface area contributed by atoms with Crippen molar-refractivity contribution < 1.29 is 17.9 Å². The van der Waals surface area contributed by atoms with Crippen LogP contribution in [0.25, 0.3) is 10.9 Å². The van der Waals surface area contributed by atoms with E-state index in [0.717, 1.165) is 11.5 Å². The lowest BCUT2D eigenvalue weighted by molar-refractivity contribution is 0.0516. The largest absolute Gasteiger partial charge is 0.461 e. The number of hydrogen-bond donors (Lipinski definition) is 1. The molecule has 2 heterocycles. The van der Waals surface area contributed by atoms with Crippen molar-refractivity contribution in [1.82, 2.24) is 9.29 Å². The van der Waals surface area contributed by atoms with Gasteiger partial charge in [-0.1, -0.05) is 51.8 Å². The molecule has 2 aromatic rings. The minimum atomic E-state index is -3.78. The van der Waals surface area contributed by atoms with Crippen molar-refractivity contribution in [2.45, 2.75) is 39.5 Å². The molecule has 8 heteroatoms. The number of benzene rings is 1. The molecule has 1 aliphatic heterocycles. The highest BCUT2D eigenvalue weighted by Gasteiger charge is 2.34. The summed E-state index contributed by atoms with van der Waals surface area (Å²) in [6.45, 7) is 10.7. The number of esters is 1. The smallest absolute Gasteiger partial charge is 0.356 e. The fourth-order valence-electron chi connectivity index (χ4n) is 2.78. The third-order valence-electron chi connectivity index (χ3n) is 3.99. The summed E-state index contributed by atoms with van der Waals surface area (Å²) in [6, 6.07) is 7.01. The van der Waals surface area contributed by atoms with Gasteiger partial charge in [0.15, 0.2) is 0 Å². The Balaban J connectivity index is 0.000000921. The highest BCUT2D eigenvalue weighted by Crippen LogP contribution is 2.31. The van der Waals surface area contributed by atoms with Gasteiger partial charge in [-0.3, -0.25) is 0 Å². The average molecular weight is 429 g/mol. The highest BCUT2D eigenvalue weighted by molar-refractivity contribution is 8.14. The van der Waals surface area contributed by atoms with Gasteiger partial charge >= 0.3 is 5.97 Å². The van der Waals surface area contributed by atoms with E-state index in [2.05, 4.69) is 10.9 Å². The lowest BCUT2D eigenvalue weighted by atomic mass is 10.2. The van der Waals surface area contributed by atoms with Crippen molar-refractivity contribution in [2.24, 2.45) is 0 Å². The maximum Gasteiger partial charge on any atom is 0.356 e. The van der Waals surface area contributed by atoms with Gasteiger partial charge in [-0.25, -0.2) is 13.2 Å². The monoisotopic (exact) mass is 428 g/mol. The molecule has 6 nitrogen and oxygen atoms in total. The molecule has 1 aliphatic rings. The standard InChI is InChI=1S/C16H20N2O4S2.2C2H6/c1-3-22-16(19)14-15(12-6-4-5-7-13(12)17-14)24(20,21)18-8-10-23(2)11-9-18;2*1-2/h4-7,17H,2-3,8-11H2,1H3;2*1-2H3. The summed E-state index contributed by atoms with van der Waals surface area (Å²) in [7, 11) is -3.78. The van der Waals surface area contributed by atoms with Gasteiger partial charge < -0.3 is 9.72 Å². The van der Waals surface area contributed by atoms with E-state index in [9.17, 15) is 13.2 Å². The fourth-order valence-corrected chi connectivity index (χ4v) is 5.94. The number of fused-ring (bicyclic) bond motifs is 1. The summed E-state index contributed by atoms with van der Waals surface area (Å²) in [5, 5.41) is 0.514. The van der Waals surface area contributed by atoms with E-state index in [1.165, 1.54) is 4.31 Å². The molecule has 0 saturated carbocycles. The predicted molar refractivity (Wildman–Crippen MR) is 120 cm³/mol. The summed E-state index contributed by atoms with van der Waals surface area (Å²) in [6.07, 6.45) is 0. The van der Waals surface area contributed by atoms with Gasteiger partial charge in [-0.15, -0.1) is 0 Å². The van der Waals surface area contributed by atoms with Gasteiger partial charge in [-0.05, 0) is 13.0 Å². The van der Waals surface area contributed by atoms with Crippen LogP contribution in [0.2, 0.25) is 0 Å². The number of hydrogen-bond acceptors (Lipinski definition) is 4. The zero-order valence-electron chi connectivity index (χ0n) is 17.4. The van der Waals surface area contributed by atoms with Crippen LogP contribution in [0.4, 0.5) is 0 Å². The molecular formula is C20H32N2O4S2.